The molecule has 1 aliphatic carbocycles. The van der Waals surface area contributed by atoms with Crippen molar-refractivity contribution in [3.63, 3.8) is 0 Å². The molecule has 0 aliphatic heterocycles. The molecule has 1 saturated carbocycles. The average molecular weight is 378 g/mol. The second kappa shape index (κ2) is 8.79. The van der Waals surface area contributed by atoms with Crippen LogP contribution in [0.2, 0.25) is 0 Å². The molecule has 1 N–H and O–H groups in total. The minimum absolute atomic E-state index is 0.116. The van der Waals surface area contributed by atoms with Crippen molar-refractivity contribution in [2.24, 2.45) is 0 Å². The fourth-order valence-corrected chi connectivity index (χ4v) is 2.75. The summed E-state index contributed by atoms with van der Waals surface area (Å²) in [5.74, 6) is -0.00714. The molecule has 2 aromatic carbocycles. The van der Waals surface area contributed by atoms with Crippen LogP contribution in [0.15, 0.2) is 48.5 Å². The van der Waals surface area contributed by atoms with E-state index in [0.717, 1.165) is 18.4 Å². The number of carbonyl (C=O) groups is 1. The lowest BCUT2D eigenvalue weighted by atomic mass is 10.2. The predicted molar refractivity (Wildman–Crippen MR) is 95.1 cm³/mol. The van der Waals surface area contributed by atoms with Gasteiger partial charge in [0.2, 0.25) is 0 Å². The summed E-state index contributed by atoms with van der Waals surface area (Å²) in [4.78, 5) is 14.2. The summed E-state index contributed by atoms with van der Waals surface area (Å²) in [7, 11) is 0. The van der Waals surface area contributed by atoms with Gasteiger partial charge in [-0.3, -0.25) is 0 Å². The van der Waals surface area contributed by atoms with Crippen molar-refractivity contribution in [1.29, 1.82) is 0 Å². The van der Waals surface area contributed by atoms with E-state index in [1.807, 2.05) is 0 Å². The van der Waals surface area contributed by atoms with Crippen molar-refractivity contribution in [3.05, 3.63) is 65.5 Å². The molecule has 2 aromatic rings. The molecule has 144 valence electrons. The zero-order valence-corrected chi connectivity index (χ0v) is 14.7. The van der Waals surface area contributed by atoms with E-state index in [4.69, 9.17) is 4.74 Å². The van der Waals surface area contributed by atoms with Crippen molar-refractivity contribution in [1.82, 2.24) is 10.2 Å². The van der Waals surface area contributed by atoms with Crippen LogP contribution in [-0.4, -0.2) is 30.0 Å². The van der Waals surface area contributed by atoms with E-state index >= 15 is 0 Å². The maximum atomic E-state index is 13.9. The number of rotatable bonds is 8. The third kappa shape index (κ3) is 5.64. The van der Waals surface area contributed by atoms with Gasteiger partial charge in [0.15, 0.2) is 0 Å². The third-order valence-electron chi connectivity index (χ3n) is 4.27. The molecule has 3 rings (SSSR count). The van der Waals surface area contributed by atoms with E-state index in [9.17, 15) is 18.0 Å². The summed E-state index contributed by atoms with van der Waals surface area (Å²) in [6, 6.07) is 12.9. The molecule has 4 nitrogen and oxygen atoms in total. The van der Waals surface area contributed by atoms with E-state index in [1.165, 1.54) is 6.07 Å². The maximum Gasteiger partial charge on any atom is 0.318 e. The van der Waals surface area contributed by atoms with Gasteiger partial charge in [-0.25, -0.2) is 18.0 Å². The van der Waals surface area contributed by atoms with Crippen LogP contribution in [0, 0.1) is 5.82 Å². The molecule has 0 unspecified atom stereocenters. The second-order valence-corrected chi connectivity index (χ2v) is 6.46. The van der Waals surface area contributed by atoms with Crippen LogP contribution in [-0.2, 0) is 13.1 Å². The molecule has 1 fully saturated rings. The topological polar surface area (TPSA) is 41.6 Å². The molecule has 2 amide bonds. The largest absolute Gasteiger partial charge is 0.488 e. The molecule has 0 bridgehead atoms. The molecule has 0 aromatic heterocycles. The highest BCUT2D eigenvalue weighted by atomic mass is 19.3. The van der Waals surface area contributed by atoms with Crippen molar-refractivity contribution in [2.45, 2.75) is 38.4 Å². The fraction of sp³-hybridized carbons (Fsp3) is 0.350. The van der Waals surface area contributed by atoms with Gasteiger partial charge in [0.05, 0.1) is 6.54 Å². The lowest BCUT2D eigenvalue weighted by Gasteiger charge is -2.23. The van der Waals surface area contributed by atoms with Gasteiger partial charge in [-0.2, -0.15) is 0 Å². The van der Waals surface area contributed by atoms with E-state index in [-0.39, 0.29) is 31.0 Å². The van der Waals surface area contributed by atoms with Crippen LogP contribution in [0.4, 0.5) is 18.0 Å². The van der Waals surface area contributed by atoms with Crippen molar-refractivity contribution < 1.29 is 22.7 Å². The minimum Gasteiger partial charge on any atom is -0.488 e. The van der Waals surface area contributed by atoms with Crippen molar-refractivity contribution >= 4 is 6.03 Å². The van der Waals surface area contributed by atoms with Crippen molar-refractivity contribution in [2.75, 3.05) is 6.61 Å². The Morgan fingerprint density at radius 2 is 1.96 bits per heavy atom. The van der Waals surface area contributed by atoms with Crippen LogP contribution < -0.4 is 10.1 Å². The van der Waals surface area contributed by atoms with Gasteiger partial charge in [0.1, 0.15) is 18.2 Å². The first kappa shape index (κ1) is 19.1. The maximum absolute atomic E-state index is 13.9. The third-order valence-corrected chi connectivity index (χ3v) is 4.27. The summed E-state index contributed by atoms with van der Waals surface area (Å²) >= 11 is 0. The first-order valence-corrected chi connectivity index (χ1v) is 8.80. The van der Waals surface area contributed by atoms with Gasteiger partial charge in [0, 0.05) is 18.2 Å². The monoisotopic (exact) mass is 378 g/mol. The standard InChI is InChI=1S/C20H21F3N2O2/c21-18-7-2-1-5-15(18)12-25(16-8-9-16)20(26)24-11-14-4-3-6-17(10-14)27-13-19(22)23/h1-7,10,16,19H,8-9,11-13H2,(H,24,26). The SMILES string of the molecule is O=C(NCc1cccc(OCC(F)F)c1)N(Cc1ccccc1F)C1CC1. The minimum atomic E-state index is -2.54. The first-order valence-electron chi connectivity index (χ1n) is 8.80. The highest BCUT2D eigenvalue weighted by Crippen LogP contribution is 2.29. The molecule has 1 aliphatic rings. The van der Waals surface area contributed by atoms with Gasteiger partial charge < -0.3 is 15.0 Å². The van der Waals surface area contributed by atoms with Crippen molar-refractivity contribution in [3.8, 4) is 5.75 Å². The molecule has 27 heavy (non-hydrogen) atoms. The van der Waals surface area contributed by atoms with Crippen LogP contribution in [0.3, 0.4) is 0 Å². The summed E-state index contributed by atoms with van der Waals surface area (Å²) < 4.78 is 43.4. The van der Waals surface area contributed by atoms with Gasteiger partial charge in [-0.1, -0.05) is 30.3 Å². The Bertz CT molecular complexity index is 781. The number of carbonyl (C=O) groups excluding carboxylic acids is 1. The summed E-state index contributed by atoms with van der Waals surface area (Å²) in [5.41, 5.74) is 1.21. The Hall–Kier alpha value is -2.70. The molecule has 7 heteroatoms. The normalized spacial score (nSPS) is 13.5. The zero-order valence-electron chi connectivity index (χ0n) is 14.7. The summed E-state index contributed by atoms with van der Waals surface area (Å²) in [6.45, 7) is -0.236. The number of amides is 2. The molecular weight excluding hydrogens is 357 g/mol. The molecule has 0 spiro atoms. The molecule has 0 heterocycles. The van der Waals surface area contributed by atoms with E-state index in [2.05, 4.69) is 5.32 Å². The fourth-order valence-electron chi connectivity index (χ4n) is 2.75. The van der Waals surface area contributed by atoms with Crippen LogP contribution in [0.1, 0.15) is 24.0 Å². The predicted octanol–water partition coefficient (Wildman–Crippen LogP) is 4.34. The van der Waals surface area contributed by atoms with Crippen LogP contribution in [0.25, 0.3) is 0 Å². The first-order chi connectivity index (χ1) is 13.0. The Morgan fingerprint density at radius 3 is 2.67 bits per heavy atom. The number of halogens is 3. The molecule has 0 saturated heterocycles. The van der Waals surface area contributed by atoms with Gasteiger partial charge >= 0.3 is 6.03 Å². The lowest BCUT2D eigenvalue weighted by Crippen LogP contribution is -2.40. The Morgan fingerprint density at radius 1 is 1.19 bits per heavy atom. The number of hydrogen-bond acceptors (Lipinski definition) is 2. The van der Waals surface area contributed by atoms with E-state index in [0.29, 0.717) is 11.3 Å². The number of urea groups is 1. The lowest BCUT2D eigenvalue weighted by molar-refractivity contribution is 0.0818. The van der Waals surface area contributed by atoms with E-state index < -0.39 is 13.0 Å². The van der Waals surface area contributed by atoms with Gasteiger partial charge in [0.25, 0.3) is 6.43 Å². The number of nitrogens with zero attached hydrogens (tertiary/aromatic N) is 1. The second-order valence-electron chi connectivity index (χ2n) is 6.46. The highest BCUT2D eigenvalue weighted by molar-refractivity contribution is 5.75. The number of alkyl halides is 2. The number of ether oxygens (including phenoxy) is 1. The number of nitrogens with one attached hydrogen (secondary N) is 1. The quantitative estimate of drug-likeness (QED) is 0.742. The van der Waals surface area contributed by atoms with Crippen LogP contribution in [0.5, 0.6) is 5.75 Å². The van der Waals surface area contributed by atoms with Gasteiger partial charge in [-0.05, 0) is 36.6 Å². The zero-order chi connectivity index (χ0) is 19.2. The van der Waals surface area contributed by atoms with Crippen LogP contribution >= 0.6 is 0 Å². The average Bonchev–Trinajstić information content (AvgIpc) is 3.49. The molecule has 0 atom stereocenters. The molecule has 0 radical (unpaired) electrons. The number of hydrogen-bond donors (Lipinski definition) is 1. The Balaban J connectivity index is 1.58. The summed E-state index contributed by atoms with van der Waals surface area (Å²) in [5, 5.41) is 2.81. The Labute approximate surface area is 155 Å². The Kier molecular flexibility index (Phi) is 6.21. The highest BCUT2D eigenvalue weighted by Gasteiger charge is 2.32. The summed E-state index contributed by atoms with van der Waals surface area (Å²) in [6.07, 6.45) is -0.740. The number of benzene rings is 2. The van der Waals surface area contributed by atoms with E-state index in [1.54, 1.807) is 47.4 Å². The smallest absolute Gasteiger partial charge is 0.318 e. The van der Waals surface area contributed by atoms with Gasteiger partial charge in [-0.15, -0.1) is 0 Å². The molecular formula is C20H21F3N2O2.